The molecular weight excluding hydrogens is 186 g/mol. The van der Waals surface area contributed by atoms with E-state index >= 15 is 0 Å². The minimum Gasteiger partial charge on any atom is -0.372 e. The molecule has 0 bridgehead atoms. The summed E-state index contributed by atoms with van der Waals surface area (Å²) in [4.78, 5) is 4.29. The van der Waals surface area contributed by atoms with Crippen molar-refractivity contribution in [3.63, 3.8) is 0 Å². The summed E-state index contributed by atoms with van der Waals surface area (Å²) < 4.78 is 5.42. The molecule has 0 radical (unpaired) electrons. The van der Waals surface area contributed by atoms with E-state index in [1.807, 2.05) is 13.0 Å². The largest absolute Gasteiger partial charge is 0.372 e. The fraction of sp³-hybridized carbons (Fsp3) is 0.500. The summed E-state index contributed by atoms with van der Waals surface area (Å²) in [5, 5.41) is 0.752. The van der Waals surface area contributed by atoms with Crippen molar-refractivity contribution >= 4 is 11.6 Å². The smallest absolute Gasteiger partial charge is 0.111 e. The van der Waals surface area contributed by atoms with E-state index in [1.165, 1.54) is 0 Å². The average Bonchev–Trinajstić information content (AvgIpc) is 2.90. The Morgan fingerprint density at radius 1 is 1.54 bits per heavy atom. The lowest BCUT2D eigenvalue weighted by atomic mass is 10.1. The lowest BCUT2D eigenvalue weighted by Crippen LogP contribution is -2.12. The second kappa shape index (κ2) is 2.96. The van der Waals surface area contributed by atoms with E-state index in [1.54, 1.807) is 13.3 Å². The number of hydrogen-bond donors (Lipinski definition) is 0. The van der Waals surface area contributed by atoms with Gasteiger partial charge in [-0.25, -0.2) is 0 Å². The van der Waals surface area contributed by atoms with E-state index in [2.05, 4.69) is 4.98 Å². The van der Waals surface area contributed by atoms with Crippen molar-refractivity contribution in [1.29, 1.82) is 0 Å². The lowest BCUT2D eigenvalue weighted by molar-refractivity contribution is 0.0752. The van der Waals surface area contributed by atoms with E-state index in [0.29, 0.717) is 0 Å². The summed E-state index contributed by atoms with van der Waals surface area (Å²) in [6.45, 7) is 1.99. The molecule has 70 valence electrons. The maximum atomic E-state index is 6.15. The minimum atomic E-state index is -0.177. The number of pyridine rings is 1. The van der Waals surface area contributed by atoms with Crippen LogP contribution >= 0.6 is 11.6 Å². The Kier molecular flexibility index (Phi) is 2.05. The van der Waals surface area contributed by atoms with Gasteiger partial charge in [0.25, 0.3) is 0 Å². The van der Waals surface area contributed by atoms with Crippen molar-refractivity contribution in [2.75, 3.05) is 7.11 Å². The standard InChI is InChI=1S/C10H12ClNO/c1-7-3-6-12-9(8(7)11)10(13-2)4-5-10/h3,6H,4-5H2,1-2H3. The molecule has 0 spiro atoms. The van der Waals surface area contributed by atoms with Crippen molar-refractivity contribution in [3.8, 4) is 0 Å². The Morgan fingerprint density at radius 3 is 2.77 bits per heavy atom. The summed E-state index contributed by atoms with van der Waals surface area (Å²) in [7, 11) is 1.72. The van der Waals surface area contributed by atoms with Crippen LogP contribution in [0.15, 0.2) is 12.3 Å². The highest BCUT2D eigenvalue weighted by molar-refractivity contribution is 6.32. The van der Waals surface area contributed by atoms with Crippen molar-refractivity contribution in [3.05, 3.63) is 28.5 Å². The van der Waals surface area contributed by atoms with Crippen LogP contribution in [0, 0.1) is 6.92 Å². The molecule has 3 heteroatoms. The van der Waals surface area contributed by atoms with E-state index in [0.717, 1.165) is 29.1 Å². The molecule has 13 heavy (non-hydrogen) atoms. The first kappa shape index (κ1) is 8.97. The molecule has 0 saturated heterocycles. The predicted molar refractivity (Wildman–Crippen MR) is 51.9 cm³/mol. The van der Waals surface area contributed by atoms with Crippen LogP contribution in [-0.2, 0) is 10.3 Å². The van der Waals surface area contributed by atoms with Crippen LogP contribution in [0.4, 0.5) is 0 Å². The lowest BCUT2D eigenvalue weighted by Gasteiger charge is -2.14. The van der Waals surface area contributed by atoms with Crippen LogP contribution in [0.5, 0.6) is 0 Å². The molecule has 0 atom stereocenters. The van der Waals surface area contributed by atoms with Crippen molar-refractivity contribution in [2.45, 2.75) is 25.4 Å². The van der Waals surface area contributed by atoms with Crippen LogP contribution in [-0.4, -0.2) is 12.1 Å². The Bertz CT molecular complexity index is 334. The summed E-state index contributed by atoms with van der Waals surface area (Å²) in [6, 6.07) is 1.91. The first-order valence-corrected chi connectivity index (χ1v) is 4.74. The van der Waals surface area contributed by atoms with Gasteiger partial charge in [0.1, 0.15) is 5.60 Å². The van der Waals surface area contributed by atoms with Crippen LogP contribution in [0.25, 0.3) is 0 Å². The molecule has 1 aliphatic rings. The molecule has 2 nitrogen and oxygen atoms in total. The minimum absolute atomic E-state index is 0.177. The number of halogens is 1. The number of ether oxygens (including phenoxy) is 1. The number of methoxy groups -OCH3 is 1. The number of hydrogen-bond acceptors (Lipinski definition) is 2. The molecule has 0 unspecified atom stereocenters. The summed E-state index contributed by atoms with van der Waals surface area (Å²) >= 11 is 6.15. The third-order valence-electron chi connectivity index (χ3n) is 2.61. The number of nitrogens with zero attached hydrogens (tertiary/aromatic N) is 1. The second-order valence-electron chi connectivity index (χ2n) is 3.49. The van der Waals surface area contributed by atoms with E-state index in [4.69, 9.17) is 16.3 Å². The summed E-state index contributed by atoms with van der Waals surface area (Å²) in [5.41, 5.74) is 1.79. The number of aromatic nitrogens is 1. The molecule has 1 aromatic heterocycles. The topological polar surface area (TPSA) is 22.1 Å². The van der Waals surface area contributed by atoms with Gasteiger partial charge in [-0.1, -0.05) is 11.6 Å². The molecule has 1 aliphatic carbocycles. The van der Waals surface area contributed by atoms with Gasteiger partial charge in [0, 0.05) is 13.3 Å². The van der Waals surface area contributed by atoms with E-state index in [9.17, 15) is 0 Å². The predicted octanol–water partition coefficient (Wildman–Crippen LogP) is 2.68. The Morgan fingerprint density at radius 2 is 2.23 bits per heavy atom. The third-order valence-corrected chi connectivity index (χ3v) is 3.09. The van der Waals surface area contributed by atoms with Gasteiger partial charge in [-0.15, -0.1) is 0 Å². The van der Waals surface area contributed by atoms with Gasteiger partial charge in [0.05, 0.1) is 10.7 Å². The Balaban J connectivity index is 2.46. The Hall–Kier alpha value is -0.600. The molecule has 1 saturated carbocycles. The first-order valence-electron chi connectivity index (χ1n) is 4.36. The quantitative estimate of drug-likeness (QED) is 0.728. The molecule has 0 amide bonds. The SMILES string of the molecule is COC1(c2nccc(C)c2Cl)CC1. The highest BCUT2D eigenvalue weighted by Gasteiger charge is 2.47. The Labute approximate surface area is 82.9 Å². The van der Waals surface area contributed by atoms with Gasteiger partial charge in [0.2, 0.25) is 0 Å². The fourth-order valence-corrected chi connectivity index (χ4v) is 1.79. The van der Waals surface area contributed by atoms with Gasteiger partial charge in [0.15, 0.2) is 0 Å². The van der Waals surface area contributed by atoms with E-state index in [-0.39, 0.29) is 5.60 Å². The molecule has 0 aromatic carbocycles. The molecule has 1 fully saturated rings. The van der Waals surface area contributed by atoms with Gasteiger partial charge >= 0.3 is 0 Å². The number of aryl methyl sites for hydroxylation is 1. The molecule has 2 rings (SSSR count). The zero-order valence-electron chi connectivity index (χ0n) is 7.80. The summed E-state index contributed by atoms with van der Waals surface area (Å²) in [6.07, 6.45) is 3.84. The van der Waals surface area contributed by atoms with Crippen molar-refractivity contribution in [2.24, 2.45) is 0 Å². The van der Waals surface area contributed by atoms with Crippen LogP contribution in [0.2, 0.25) is 5.02 Å². The maximum Gasteiger partial charge on any atom is 0.111 e. The first-order chi connectivity index (χ1) is 6.19. The van der Waals surface area contributed by atoms with E-state index < -0.39 is 0 Å². The highest BCUT2D eigenvalue weighted by Crippen LogP contribution is 2.50. The normalized spacial score (nSPS) is 18.7. The zero-order chi connectivity index (χ0) is 9.47. The van der Waals surface area contributed by atoms with Gasteiger partial charge < -0.3 is 4.74 Å². The maximum absolute atomic E-state index is 6.15. The van der Waals surface area contributed by atoms with Crippen LogP contribution in [0.3, 0.4) is 0 Å². The van der Waals surface area contributed by atoms with Gasteiger partial charge in [-0.3, -0.25) is 4.98 Å². The van der Waals surface area contributed by atoms with Crippen LogP contribution < -0.4 is 0 Å². The van der Waals surface area contributed by atoms with Gasteiger partial charge in [-0.2, -0.15) is 0 Å². The molecule has 0 N–H and O–H groups in total. The fourth-order valence-electron chi connectivity index (χ4n) is 1.51. The zero-order valence-corrected chi connectivity index (χ0v) is 8.56. The summed E-state index contributed by atoms with van der Waals surface area (Å²) in [5.74, 6) is 0. The van der Waals surface area contributed by atoms with Crippen LogP contribution in [0.1, 0.15) is 24.1 Å². The molecule has 1 aromatic rings. The third kappa shape index (κ3) is 1.34. The van der Waals surface area contributed by atoms with Crippen molar-refractivity contribution < 1.29 is 4.74 Å². The van der Waals surface area contributed by atoms with Gasteiger partial charge in [-0.05, 0) is 31.4 Å². The molecule has 0 aliphatic heterocycles. The monoisotopic (exact) mass is 197 g/mol. The highest BCUT2D eigenvalue weighted by atomic mass is 35.5. The average molecular weight is 198 g/mol. The van der Waals surface area contributed by atoms with Crippen molar-refractivity contribution in [1.82, 2.24) is 4.98 Å². The number of rotatable bonds is 2. The molecule has 1 heterocycles. The molecular formula is C10H12ClNO. The second-order valence-corrected chi connectivity index (χ2v) is 3.87.